The molecule has 2 aliphatic rings. The minimum Gasteiger partial charge on any atom is -0.379 e. The lowest BCUT2D eigenvalue weighted by molar-refractivity contribution is 0.0317. The summed E-state index contributed by atoms with van der Waals surface area (Å²) in [5.41, 5.74) is 3.65. The quantitative estimate of drug-likeness (QED) is 0.841. The first kappa shape index (κ1) is 19.7. The van der Waals surface area contributed by atoms with Crippen LogP contribution in [0, 0.1) is 5.82 Å². The van der Waals surface area contributed by atoms with Crippen LogP contribution in [0.1, 0.15) is 25.1 Å². The molecule has 6 nitrogen and oxygen atoms in total. The molecule has 7 heteroatoms. The average molecular weight is 395 g/mol. The zero-order valence-corrected chi connectivity index (χ0v) is 16.9. The lowest BCUT2D eigenvalue weighted by Crippen LogP contribution is -2.48. The fourth-order valence-corrected chi connectivity index (χ4v) is 3.81. The molecule has 0 unspecified atom stereocenters. The van der Waals surface area contributed by atoms with E-state index in [2.05, 4.69) is 34.0 Å². The van der Waals surface area contributed by atoms with E-state index in [4.69, 9.17) is 9.72 Å². The number of hydrogen-bond donors (Lipinski definition) is 1. The van der Waals surface area contributed by atoms with Gasteiger partial charge in [-0.25, -0.2) is 4.39 Å². The zero-order valence-electron chi connectivity index (χ0n) is 16.9. The number of ether oxygens (including phenoxy) is 1. The molecule has 1 N–H and O–H groups in total. The Hall–Kier alpha value is -2.64. The highest BCUT2D eigenvalue weighted by atomic mass is 19.1. The summed E-state index contributed by atoms with van der Waals surface area (Å²) in [7, 11) is 0. The zero-order chi connectivity index (χ0) is 20.3. The smallest absolute Gasteiger partial charge is 0.150 e. The van der Waals surface area contributed by atoms with E-state index in [9.17, 15) is 4.39 Å². The molecular weight excluding hydrogens is 369 g/mol. The first-order valence-corrected chi connectivity index (χ1v) is 9.92. The van der Waals surface area contributed by atoms with Crippen molar-refractivity contribution < 1.29 is 9.13 Å². The van der Waals surface area contributed by atoms with Crippen LogP contribution in [0.15, 0.2) is 35.7 Å². The van der Waals surface area contributed by atoms with Gasteiger partial charge in [0.15, 0.2) is 5.82 Å². The van der Waals surface area contributed by atoms with E-state index in [1.807, 2.05) is 18.4 Å². The summed E-state index contributed by atoms with van der Waals surface area (Å²) >= 11 is 0. The van der Waals surface area contributed by atoms with Gasteiger partial charge >= 0.3 is 0 Å². The second-order valence-electron chi connectivity index (χ2n) is 8.02. The van der Waals surface area contributed by atoms with Crippen LogP contribution >= 0.6 is 0 Å². The summed E-state index contributed by atoms with van der Waals surface area (Å²) < 4.78 is 19.8. The fourth-order valence-electron chi connectivity index (χ4n) is 3.81. The first-order chi connectivity index (χ1) is 14.0. The fraction of sp³-hybridized carbons (Fsp3) is 0.409. The number of pyridine rings is 2. The number of morpholine rings is 1. The minimum atomic E-state index is -0.378. The minimum absolute atomic E-state index is 0.193. The molecule has 0 amide bonds. The van der Waals surface area contributed by atoms with Crippen molar-refractivity contribution in [2.24, 2.45) is 4.99 Å². The third-order valence-corrected chi connectivity index (χ3v) is 5.10. The Balaban J connectivity index is 1.69. The molecule has 1 fully saturated rings. The van der Waals surface area contributed by atoms with E-state index in [1.165, 1.54) is 6.20 Å². The van der Waals surface area contributed by atoms with Crippen molar-refractivity contribution in [1.82, 2.24) is 14.9 Å². The number of hydrogen-bond acceptors (Lipinski definition) is 6. The maximum Gasteiger partial charge on any atom is 0.150 e. The van der Waals surface area contributed by atoms with Gasteiger partial charge in [-0.15, -0.1) is 0 Å². The molecule has 152 valence electrons. The highest BCUT2D eigenvalue weighted by molar-refractivity contribution is 5.79. The Bertz CT molecular complexity index is 935. The Morgan fingerprint density at radius 1 is 1.28 bits per heavy atom. The second kappa shape index (κ2) is 8.39. The molecule has 0 saturated carbocycles. The van der Waals surface area contributed by atoms with Gasteiger partial charge in [-0.2, -0.15) is 0 Å². The maximum absolute atomic E-state index is 14.4. The van der Waals surface area contributed by atoms with Gasteiger partial charge in [-0.1, -0.05) is 0 Å². The SMILES string of the molecule is CC(C)(CN1CCOCC1)Nc1cc(-c2ccncc2F)nc2c1C=CN=CC2. The van der Waals surface area contributed by atoms with Gasteiger partial charge in [0, 0.05) is 67.0 Å². The number of aliphatic imine (C=N–C) groups is 1. The van der Waals surface area contributed by atoms with Crippen molar-refractivity contribution in [3.8, 4) is 11.3 Å². The molecule has 4 heterocycles. The molecule has 0 atom stereocenters. The summed E-state index contributed by atoms with van der Waals surface area (Å²) in [6.45, 7) is 8.64. The largest absolute Gasteiger partial charge is 0.379 e. The average Bonchev–Trinajstić information content (AvgIpc) is 2.94. The molecule has 4 rings (SSSR count). The van der Waals surface area contributed by atoms with Gasteiger partial charge in [0.05, 0.1) is 30.8 Å². The number of fused-ring (bicyclic) bond motifs is 1. The van der Waals surface area contributed by atoms with Gasteiger partial charge < -0.3 is 10.1 Å². The van der Waals surface area contributed by atoms with E-state index in [0.717, 1.165) is 49.8 Å². The van der Waals surface area contributed by atoms with E-state index in [0.29, 0.717) is 17.7 Å². The third-order valence-electron chi connectivity index (χ3n) is 5.10. The van der Waals surface area contributed by atoms with Crippen LogP contribution in [0.4, 0.5) is 10.1 Å². The first-order valence-electron chi connectivity index (χ1n) is 9.92. The molecular formula is C22H26FN5O. The van der Waals surface area contributed by atoms with Gasteiger partial charge in [-0.3, -0.25) is 19.9 Å². The Morgan fingerprint density at radius 2 is 2.10 bits per heavy atom. The predicted molar refractivity (Wildman–Crippen MR) is 114 cm³/mol. The Morgan fingerprint density at radius 3 is 2.90 bits per heavy atom. The number of anilines is 1. The Labute approximate surface area is 170 Å². The maximum atomic E-state index is 14.4. The molecule has 0 bridgehead atoms. The number of halogens is 1. The molecule has 2 aromatic rings. The van der Waals surface area contributed by atoms with E-state index in [1.54, 1.807) is 18.5 Å². The highest BCUT2D eigenvalue weighted by Crippen LogP contribution is 2.31. The number of rotatable bonds is 5. The Kier molecular flexibility index (Phi) is 5.69. The number of nitrogens with one attached hydrogen (secondary N) is 1. The van der Waals surface area contributed by atoms with Crippen molar-refractivity contribution in [1.29, 1.82) is 0 Å². The summed E-state index contributed by atoms with van der Waals surface area (Å²) in [4.78, 5) is 15.2. The molecule has 0 radical (unpaired) electrons. The van der Waals surface area contributed by atoms with Crippen LogP contribution in [-0.2, 0) is 11.2 Å². The summed E-state index contributed by atoms with van der Waals surface area (Å²) in [6.07, 6.45) is 8.97. The third kappa shape index (κ3) is 4.68. The van der Waals surface area contributed by atoms with E-state index in [-0.39, 0.29) is 11.4 Å². The lowest BCUT2D eigenvalue weighted by Gasteiger charge is -2.36. The van der Waals surface area contributed by atoms with Crippen LogP contribution in [0.25, 0.3) is 17.3 Å². The van der Waals surface area contributed by atoms with Gasteiger partial charge in [0.2, 0.25) is 0 Å². The number of aromatic nitrogens is 2. The molecule has 2 aliphatic heterocycles. The van der Waals surface area contributed by atoms with Gasteiger partial charge in [0.25, 0.3) is 0 Å². The highest BCUT2D eigenvalue weighted by Gasteiger charge is 2.25. The van der Waals surface area contributed by atoms with Crippen molar-refractivity contribution in [3.05, 3.63) is 47.8 Å². The molecule has 0 aromatic carbocycles. The second-order valence-corrected chi connectivity index (χ2v) is 8.02. The summed E-state index contributed by atoms with van der Waals surface area (Å²) in [5.74, 6) is -0.378. The van der Waals surface area contributed by atoms with Crippen LogP contribution < -0.4 is 5.32 Å². The standard InChI is InChI=1S/C22H26FN5O/c1-22(2,15-28-9-11-29-12-10-28)27-21-13-20(16-3-7-25-14-18(16)23)26-19-5-8-24-6-4-17(19)21/h3-4,6-8,13-14H,5,9-12,15H2,1-2H3,(H,26,27). The van der Waals surface area contributed by atoms with Gasteiger partial charge in [-0.05, 0) is 32.1 Å². The normalized spacial score (nSPS) is 17.1. The topological polar surface area (TPSA) is 62.6 Å². The molecule has 29 heavy (non-hydrogen) atoms. The van der Waals surface area contributed by atoms with Crippen molar-refractivity contribution in [2.45, 2.75) is 25.8 Å². The van der Waals surface area contributed by atoms with Crippen LogP contribution in [0.2, 0.25) is 0 Å². The van der Waals surface area contributed by atoms with Crippen molar-refractivity contribution >= 4 is 18.0 Å². The number of nitrogens with zero attached hydrogens (tertiary/aromatic N) is 4. The van der Waals surface area contributed by atoms with Gasteiger partial charge in [0.1, 0.15) is 0 Å². The van der Waals surface area contributed by atoms with Crippen LogP contribution in [-0.4, -0.2) is 59.5 Å². The monoisotopic (exact) mass is 395 g/mol. The van der Waals surface area contributed by atoms with E-state index < -0.39 is 0 Å². The molecule has 2 aromatic heterocycles. The lowest BCUT2D eigenvalue weighted by atomic mass is 10.00. The summed E-state index contributed by atoms with van der Waals surface area (Å²) in [6, 6.07) is 3.58. The molecule has 0 aliphatic carbocycles. The molecule has 1 saturated heterocycles. The van der Waals surface area contributed by atoms with E-state index >= 15 is 0 Å². The predicted octanol–water partition coefficient (Wildman–Crippen LogP) is 3.40. The molecule has 0 spiro atoms. The van der Waals surface area contributed by atoms with Crippen molar-refractivity contribution in [2.75, 3.05) is 38.2 Å². The van der Waals surface area contributed by atoms with Crippen LogP contribution in [0.5, 0.6) is 0 Å². The van der Waals surface area contributed by atoms with Crippen LogP contribution in [0.3, 0.4) is 0 Å². The van der Waals surface area contributed by atoms with Crippen molar-refractivity contribution in [3.63, 3.8) is 0 Å². The summed E-state index contributed by atoms with van der Waals surface area (Å²) in [5, 5.41) is 3.68.